The molecule has 0 saturated heterocycles. The Kier molecular flexibility index (Phi) is 5.33. The number of carbonyl (C=O) groups is 2. The van der Waals surface area contributed by atoms with Crippen LogP contribution in [0.3, 0.4) is 0 Å². The molecule has 0 aliphatic heterocycles. The first-order valence-corrected chi connectivity index (χ1v) is 8.13. The number of carbonyl (C=O) groups excluding carboxylic acids is 2. The summed E-state index contributed by atoms with van der Waals surface area (Å²) in [6, 6.07) is 13.3. The van der Waals surface area contributed by atoms with Crippen molar-refractivity contribution in [2.24, 2.45) is 0 Å². The molecule has 1 amide bonds. The SMILES string of the molecule is CC(OC(=O)c1ccc(Cn2cccn2)o1)C(=O)Nc1cccc(C#N)c1. The molecule has 0 fully saturated rings. The molecule has 27 heavy (non-hydrogen) atoms. The molecule has 1 aromatic carbocycles. The number of esters is 1. The summed E-state index contributed by atoms with van der Waals surface area (Å²) in [5, 5.41) is 15.5. The van der Waals surface area contributed by atoms with E-state index in [4.69, 9.17) is 14.4 Å². The number of nitrogens with zero attached hydrogens (tertiary/aromatic N) is 3. The summed E-state index contributed by atoms with van der Waals surface area (Å²) in [4.78, 5) is 24.3. The van der Waals surface area contributed by atoms with E-state index in [1.165, 1.54) is 19.1 Å². The number of ether oxygens (including phenoxy) is 1. The van der Waals surface area contributed by atoms with Crippen LogP contribution in [-0.2, 0) is 16.1 Å². The number of amides is 1. The van der Waals surface area contributed by atoms with Gasteiger partial charge in [-0.2, -0.15) is 10.4 Å². The molecule has 136 valence electrons. The van der Waals surface area contributed by atoms with Crippen molar-refractivity contribution in [1.29, 1.82) is 5.26 Å². The zero-order chi connectivity index (χ0) is 19.2. The standard InChI is InChI=1S/C19H16N4O4/c1-13(18(24)22-15-5-2-4-14(10-15)11-20)26-19(25)17-7-6-16(27-17)12-23-9-3-8-21-23/h2-10,13H,12H2,1H3,(H,22,24). The number of hydrogen-bond donors (Lipinski definition) is 1. The van der Waals surface area contributed by atoms with Gasteiger partial charge in [0.1, 0.15) is 5.76 Å². The van der Waals surface area contributed by atoms with Gasteiger partial charge in [-0.3, -0.25) is 9.48 Å². The predicted molar refractivity (Wildman–Crippen MR) is 94.7 cm³/mol. The number of nitriles is 1. The van der Waals surface area contributed by atoms with Crippen molar-refractivity contribution in [2.75, 3.05) is 5.32 Å². The Labute approximate surface area is 155 Å². The zero-order valence-electron chi connectivity index (χ0n) is 14.5. The highest BCUT2D eigenvalue weighted by Gasteiger charge is 2.21. The molecule has 1 N–H and O–H groups in total. The molecule has 0 spiro atoms. The second-order valence-electron chi connectivity index (χ2n) is 5.70. The number of rotatable bonds is 6. The van der Waals surface area contributed by atoms with Gasteiger partial charge in [0.25, 0.3) is 5.91 Å². The van der Waals surface area contributed by atoms with E-state index in [2.05, 4.69) is 10.4 Å². The van der Waals surface area contributed by atoms with Gasteiger partial charge in [0.2, 0.25) is 5.76 Å². The third-order valence-corrected chi connectivity index (χ3v) is 3.65. The van der Waals surface area contributed by atoms with Crippen molar-refractivity contribution in [3.63, 3.8) is 0 Å². The fraction of sp³-hybridized carbons (Fsp3) is 0.158. The molecule has 3 rings (SSSR count). The van der Waals surface area contributed by atoms with Crippen LogP contribution in [0.1, 0.15) is 28.8 Å². The Morgan fingerprint density at radius 2 is 2.19 bits per heavy atom. The second kappa shape index (κ2) is 8.01. The summed E-state index contributed by atoms with van der Waals surface area (Å²) in [5.74, 6) is -0.712. The maximum absolute atomic E-state index is 12.2. The van der Waals surface area contributed by atoms with Crippen molar-refractivity contribution in [2.45, 2.75) is 19.6 Å². The normalized spacial score (nSPS) is 11.4. The number of aromatic nitrogens is 2. The Balaban J connectivity index is 1.57. The van der Waals surface area contributed by atoms with E-state index in [0.29, 0.717) is 23.6 Å². The summed E-state index contributed by atoms with van der Waals surface area (Å²) in [5.41, 5.74) is 0.860. The van der Waals surface area contributed by atoms with Crippen molar-refractivity contribution >= 4 is 17.6 Å². The monoisotopic (exact) mass is 364 g/mol. The van der Waals surface area contributed by atoms with E-state index in [9.17, 15) is 9.59 Å². The van der Waals surface area contributed by atoms with Gasteiger partial charge in [-0.25, -0.2) is 4.79 Å². The van der Waals surface area contributed by atoms with Crippen LogP contribution in [0.25, 0.3) is 0 Å². The quantitative estimate of drug-likeness (QED) is 0.673. The molecule has 3 aromatic rings. The largest absolute Gasteiger partial charge is 0.452 e. The molecule has 0 saturated carbocycles. The molecule has 1 atom stereocenters. The Hall–Kier alpha value is -3.86. The van der Waals surface area contributed by atoms with Gasteiger partial charge >= 0.3 is 5.97 Å². The molecule has 1 unspecified atom stereocenters. The fourth-order valence-electron chi connectivity index (χ4n) is 2.31. The summed E-state index contributed by atoms with van der Waals surface area (Å²) in [6.45, 7) is 1.83. The predicted octanol–water partition coefficient (Wildman–Crippen LogP) is 2.58. The van der Waals surface area contributed by atoms with Gasteiger partial charge in [-0.15, -0.1) is 0 Å². The summed E-state index contributed by atoms with van der Waals surface area (Å²) in [6.07, 6.45) is 2.38. The van der Waals surface area contributed by atoms with Crippen molar-refractivity contribution in [3.05, 3.63) is 71.9 Å². The van der Waals surface area contributed by atoms with E-state index in [1.54, 1.807) is 47.4 Å². The third kappa shape index (κ3) is 4.61. The average Bonchev–Trinajstić information content (AvgIpc) is 3.34. The maximum atomic E-state index is 12.2. The smallest absolute Gasteiger partial charge is 0.375 e. The first-order chi connectivity index (χ1) is 13.0. The van der Waals surface area contributed by atoms with Gasteiger partial charge in [-0.1, -0.05) is 6.07 Å². The average molecular weight is 364 g/mol. The van der Waals surface area contributed by atoms with Crippen LogP contribution in [0.15, 0.2) is 59.3 Å². The van der Waals surface area contributed by atoms with Crippen molar-refractivity contribution in [1.82, 2.24) is 9.78 Å². The summed E-state index contributed by atoms with van der Waals surface area (Å²) < 4.78 is 12.2. The molecule has 8 nitrogen and oxygen atoms in total. The molecule has 2 heterocycles. The van der Waals surface area contributed by atoms with Gasteiger partial charge in [0.05, 0.1) is 18.2 Å². The van der Waals surface area contributed by atoms with E-state index >= 15 is 0 Å². The molecule has 8 heteroatoms. The lowest BCUT2D eigenvalue weighted by atomic mass is 10.2. The van der Waals surface area contributed by atoms with Crippen LogP contribution >= 0.6 is 0 Å². The van der Waals surface area contributed by atoms with E-state index in [0.717, 1.165) is 0 Å². The number of anilines is 1. The summed E-state index contributed by atoms with van der Waals surface area (Å²) >= 11 is 0. The molecule has 0 aliphatic rings. The van der Waals surface area contributed by atoms with Crippen LogP contribution in [0.4, 0.5) is 5.69 Å². The minimum absolute atomic E-state index is 0.00304. The Morgan fingerprint density at radius 1 is 1.33 bits per heavy atom. The lowest BCUT2D eigenvalue weighted by Crippen LogP contribution is -2.29. The first kappa shape index (κ1) is 17.9. The molecular formula is C19H16N4O4. The van der Waals surface area contributed by atoms with Gasteiger partial charge in [-0.05, 0) is 43.3 Å². The van der Waals surface area contributed by atoms with Crippen LogP contribution in [0.5, 0.6) is 0 Å². The Morgan fingerprint density at radius 3 is 2.93 bits per heavy atom. The highest BCUT2D eigenvalue weighted by atomic mass is 16.6. The molecule has 0 radical (unpaired) electrons. The number of hydrogen-bond acceptors (Lipinski definition) is 6. The van der Waals surface area contributed by atoms with Crippen LogP contribution in [0, 0.1) is 11.3 Å². The van der Waals surface area contributed by atoms with E-state index < -0.39 is 18.0 Å². The topological polar surface area (TPSA) is 110 Å². The highest BCUT2D eigenvalue weighted by Crippen LogP contribution is 2.14. The number of benzene rings is 1. The van der Waals surface area contributed by atoms with Crippen LogP contribution in [-0.4, -0.2) is 27.8 Å². The molecular weight excluding hydrogens is 348 g/mol. The lowest BCUT2D eigenvalue weighted by Gasteiger charge is -2.12. The highest BCUT2D eigenvalue weighted by molar-refractivity contribution is 5.96. The maximum Gasteiger partial charge on any atom is 0.375 e. The van der Waals surface area contributed by atoms with Gasteiger partial charge in [0.15, 0.2) is 6.10 Å². The third-order valence-electron chi connectivity index (χ3n) is 3.65. The van der Waals surface area contributed by atoms with Crippen LogP contribution < -0.4 is 5.32 Å². The van der Waals surface area contributed by atoms with E-state index in [-0.39, 0.29) is 5.76 Å². The molecule has 2 aromatic heterocycles. The minimum atomic E-state index is -1.04. The summed E-state index contributed by atoms with van der Waals surface area (Å²) in [7, 11) is 0. The fourth-order valence-corrected chi connectivity index (χ4v) is 2.31. The Bertz CT molecular complexity index is 985. The van der Waals surface area contributed by atoms with Gasteiger partial charge in [0, 0.05) is 18.1 Å². The second-order valence-corrected chi connectivity index (χ2v) is 5.70. The number of furan rings is 1. The van der Waals surface area contributed by atoms with Crippen molar-refractivity contribution < 1.29 is 18.7 Å². The minimum Gasteiger partial charge on any atom is -0.452 e. The first-order valence-electron chi connectivity index (χ1n) is 8.13. The zero-order valence-corrected chi connectivity index (χ0v) is 14.5. The number of nitrogens with one attached hydrogen (secondary N) is 1. The van der Waals surface area contributed by atoms with Crippen molar-refractivity contribution in [3.8, 4) is 6.07 Å². The molecule has 0 bridgehead atoms. The van der Waals surface area contributed by atoms with Gasteiger partial charge < -0.3 is 14.5 Å². The lowest BCUT2D eigenvalue weighted by molar-refractivity contribution is -0.123. The van der Waals surface area contributed by atoms with Crippen LogP contribution in [0.2, 0.25) is 0 Å². The van der Waals surface area contributed by atoms with E-state index in [1.807, 2.05) is 6.07 Å². The molecule has 0 aliphatic carbocycles.